The first-order valence-electron chi connectivity index (χ1n) is 11.0. The monoisotopic (exact) mass is 508 g/mol. The van der Waals surface area contributed by atoms with E-state index in [1.165, 1.54) is 17.0 Å². The van der Waals surface area contributed by atoms with Gasteiger partial charge in [0, 0.05) is 49.9 Å². The average Bonchev–Trinajstić information content (AvgIpc) is 3.26. The van der Waals surface area contributed by atoms with Crippen molar-refractivity contribution in [1.29, 1.82) is 0 Å². The first kappa shape index (κ1) is 25.0. The quantitative estimate of drug-likeness (QED) is 0.359. The van der Waals surface area contributed by atoms with Gasteiger partial charge in [-0.1, -0.05) is 0 Å². The van der Waals surface area contributed by atoms with Gasteiger partial charge in [0.05, 0.1) is 5.69 Å². The largest absolute Gasteiger partial charge is 0.389 e. The molecule has 1 fully saturated rings. The highest BCUT2D eigenvalue weighted by Gasteiger charge is 2.36. The summed E-state index contributed by atoms with van der Waals surface area (Å²) in [5, 5.41) is 3.23. The topological polar surface area (TPSA) is 74.2 Å². The molecule has 2 unspecified atom stereocenters. The van der Waals surface area contributed by atoms with Crippen molar-refractivity contribution in [2.24, 2.45) is 5.92 Å². The summed E-state index contributed by atoms with van der Waals surface area (Å²) < 4.78 is 54.6. The van der Waals surface area contributed by atoms with Crippen molar-refractivity contribution in [3.8, 4) is 11.1 Å². The first-order valence-corrected chi connectivity index (χ1v) is 12.5. The van der Waals surface area contributed by atoms with Gasteiger partial charge in [0.2, 0.25) is 5.95 Å². The third kappa shape index (κ3) is 5.78. The van der Waals surface area contributed by atoms with E-state index in [-0.39, 0.29) is 25.2 Å². The fourth-order valence-corrected chi connectivity index (χ4v) is 4.42. The highest BCUT2D eigenvalue weighted by molar-refractivity contribution is 7.39. The molecular formula is C23H25F4N6OP. The summed E-state index contributed by atoms with van der Waals surface area (Å²) in [6.07, 6.45) is -1.65. The van der Waals surface area contributed by atoms with Gasteiger partial charge in [0.15, 0.2) is 5.65 Å². The minimum atomic E-state index is -4.28. The molecule has 1 N–H and O–H groups in total. The number of hydrogen-bond donors (Lipinski definition) is 1. The van der Waals surface area contributed by atoms with Crippen LogP contribution in [0.4, 0.5) is 34.0 Å². The highest BCUT2D eigenvalue weighted by atomic mass is 31.1. The van der Waals surface area contributed by atoms with Crippen LogP contribution in [-0.2, 0) is 0 Å². The maximum absolute atomic E-state index is 14.7. The molecule has 186 valence electrons. The zero-order valence-corrected chi connectivity index (χ0v) is 20.4. The lowest BCUT2D eigenvalue weighted by Crippen LogP contribution is -2.33. The molecule has 0 spiro atoms. The zero-order chi connectivity index (χ0) is 25.3. The van der Waals surface area contributed by atoms with Gasteiger partial charge in [0.1, 0.15) is 5.82 Å². The number of benzene rings is 1. The number of nitrogens with zero attached hydrogens (tertiary/aromatic N) is 5. The first-order chi connectivity index (χ1) is 16.5. The Morgan fingerprint density at radius 3 is 2.74 bits per heavy atom. The average molecular weight is 508 g/mol. The number of urea groups is 1. The summed E-state index contributed by atoms with van der Waals surface area (Å²) in [6.45, 7) is 3.93. The Balaban J connectivity index is 1.55. The highest BCUT2D eigenvalue weighted by Crippen LogP contribution is 2.33. The number of amides is 2. The van der Waals surface area contributed by atoms with E-state index in [1.54, 1.807) is 19.3 Å². The number of rotatable bonds is 5. The molecule has 12 heteroatoms. The van der Waals surface area contributed by atoms with Crippen LogP contribution >= 0.6 is 8.73 Å². The van der Waals surface area contributed by atoms with Crippen molar-refractivity contribution in [2.75, 3.05) is 36.8 Å². The van der Waals surface area contributed by atoms with Crippen LogP contribution < -0.4 is 9.99 Å². The number of halogens is 4. The number of carbonyl (C=O) groups excluding carboxylic acids is 1. The van der Waals surface area contributed by atoms with E-state index in [2.05, 4.69) is 20.3 Å². The molecule has 7 nitrogen and oxygen atoms in total. The summed E-state index contributed by atoms with van der Waals surface area (Å²) in [4.78, 5) is 27.2. The SMILES string of the molecule is CPN(C)c1ncc2cc(-c3cc(NC(=O)N4CCC(CC(F)(F)F)C4)c(F)cc3C)cnc2n1. The standard InChI is InChI=1S/C23H25F4N6OP/c1-13-6-18(24)19(30-22(34)33-5-4-14(12-33)9-23(25,26)27)8-17(13)15-7-16-11-29-21(32(2)35-3)31-20(16)28-10-15/h6-8,10-11,14,35H,4-5,9,12H2,1-3H3,(H,30,34). The number of nitrogens with one attached hydrogen (secondary N) is 1. The number of carbonyl (C=O) groups is 1. The fourth-order valence-electron chi connectivity index (χ4n) is 4.11. The van der Waals surface area contributed by atoms with Crippen molar-refractivity contribution in [3.05, 3.63) is 42.0 Å². The van der Waals surface area contributed by atoms with Gasteiger partial charge < -0.3 is 14.9 Å². The van der Waals surface area contributed by atoms with E-state index in [0.717, 1.165) is 0 Å². The molecule has 2 atom stereocenters. The van der Waals surface area contributed by atoms with Gasteiger partial charge in [-0.05, 0) is 64.0 Å². The molecule has 1 aliphatic heterocycles. The van der Waals surface area contributed by atoms with Gasteiger partial charge in [-0.3, -0.25) is 0 Å². The van der Waals surface area contributed by atoms with Crippen LogP contribution in [0.25, 0.3) is 22.2 Å². The lowest BCUT2D eigenvalue weighted by atomic mass is 10.0. The predicted octanol–water partition coefficient (Wildman–Crippen LogP) is 5.61. The normalized spacial score (nSPS) is 16.4. The lowest BCUT2D eigenvalue weighted by Gasteiger charge is -2.19. The second-order valence-corrected chi connectivity index (χ2v) is 9.70. The Labute approximate surface area is 201 Å². The molecule has 3 heterocycles. The Hall–Kier alpha value is -3.07. The predicted molar refractivity (Wildman–Crippen MR) is 129 cm³/mol. The fraction of sp³-hybridized carbons (Fsp3) is 0.391. The molecule has 4 rings (SSSR count). The Morgan fingerprint density at radius 2 is 2.03 bits per heavy atom. The van der Waals surface area contributed by atoms with E-state index in [0.29, 0.717) is 42.4 Å². The molecule has 1 aromatic carbocycles. The van der Waals surface area contributed by atoms with Gasteiger partial charge >= 0.3 is 12.2 Å². The molecule has 2 amide bonds. The minimum absolute atomic E-state index is 0.0179. The number of fused-ring (bicyclic) bond motifs is 1. The number of anilines is 2. The second-order valence-electron chi connectivity index (χ2n) is 8.59. The molecule has 0 bridgehead atoms. The van der Waals surface area contributed by atoms with Gasteiger partial charge in [-0.2, -0.15) is 18.2 Å². The van der Waals surface area contributed by atoms with Crippen LogP contribution in [0.1, 0.15) is 18.4 Å². The maximum atomic E-state index is 14.7. The van der Waals surface area contributed by atoms with Crippen LogP contribution in [0.15, 0.2) is 30.6 Å². The van der Waals surface area contributed by atoms with E-state index < -0.39 is 30.4 Å². The van der Waals surface area contributed by atoms with Crippen LogP contribution in [0.5, 0.6) is 0 Å². The van der Waals surface area contributed by atoms with E-state index in [1.807, 2.05) is 24.4 Å². The maximum Gasteiger partial charge on any atom is 0.389 e. The smallest absolute Gasteiger partial charge is 0.326 e. The number of aryl methyl sites for hydroxylation is 1. The molecule has 1 aliphatic rings. The second kappa shape index (κ2) is 9.89. The van der Waals surface area contributed by atoms with Crippen molar-refractivity contribution >= 4 is 37.4 Å². The molecule has 2 aromatic heterocycles. The van der Waals surface area contributed by atoms with Crippen LogP contribution in [0.3, 0.4) is 0 Å². The summed E-state index contributed by atoms with van der Waals surface area (Å²) >= 11 is 0. The third-order valence-electron chi connectivity index (χ3n) is 6.02. The van der Waals surface area contributed by atoms with Crippen LogP contribution in [0, 0.1) is 18.7 Å². The zero-order valence-electron chi connectivity index (χ0n) is 19.4. The summed E-state index contributed by atoms with van der Waals surface area (Å²) in [5.41, 5.74) is 2.46. The Bertz CT molecular complexity index is 1250. The van der Waals surface area contributed by atoms with E-state index >= 15 is 0 Å². The Kier molecular flexibility index (Phi) is 7.07. The summed E-state index contributed by atoms with van der Waals surface area (Å²) in [5.74, 6) is -0.708. The van der Waals surface area contributed by atoms with Gasteiger partial charge in [0.25, 0.3) is 0 Å². The number of likely N-dealkylation sites (tertiary alicyclic amines) is 1. The van der Waals surface area contributed by atoms with Crippen LogP contribution in [-0.4, -0.2) is 58.9 Å². The number of aromatic nitrogens is 3. The van der Waals surface area contributed by atoms with E-state index in [4.69, 9.17) is 0 Å². The number of pyridine rings is 1. The number of hydrogen-bond acceptors (Lipinski definition) is 5. The molecule has 35 heavy (non-hydrogen) atoms. The van der Waals surface area contributed by atoms with Crippen molar-refractivity contribution < 1.29 is 22.4 Å². The van der Waals surface area contributed by atoms with Crippen LogP contribution in [0.2, 0.25) is 0 Å². The van der Waals surface area contributed by atoms with E-state index in [9.17, 15) is 22.4 Å². The van der Waals surface area contributed by atoms with Gasteiger partial charge in [-0.15, -0.1) is 0 Å². The third-order valence-corrected chi connectivity index (χ3v) is 6.89. The summed E-state index contributed by atoms with van der Waals surface area (Å²) in [7, 11) is 2.40. The molecule has 0 radical (unpaired) electrons. The molecule has 1 saturated heterocycles. The minimum Gasteiger partial charge on any atom is -0.326 e. The van der Waals surface area contributed by atoms with Crippen molar-refractivity contribution in [2.45, 2.75) is 25.9 Å². The van der Waals surface area contributed by atoms with Crippen molar-refractivity contribution in [3.63, 3.8) is 0 Å². The van der Waals surface area contributed by atoms with Crippen molar-refractivity contribution in [1.82, 2.24) is 19.9 Å². The Morgan fingerprint density at radius 1 is 1.26 bits per heavy atom. The molecule has 0 aliphatic carbocycles. The number of alkyl halides is 3. The molecule has 0 saturated carbocycles. The summed E-state index contributed by atoms with van der Waals surface area (Å²) in [6, 6.07) is 4.04. The van der Waals surface area contributed by atoms with Gasteiger partial charge in [-0.25, -0.2) is 19.2 Å². The molecule has 3 aromatic rings. The lowest BCUT2D eigenvalue weighted by molar-refractivity contribution is -0.143. The molecular weight excluding hydrogens is 483 g/mol.